The molecule has 0 spiro atoms. The van der Waals surface area contributed by atoms with Crippen LogP contribution in [0.25, 0.3) is 11.4 Å². The molecule has 0 radical (unpaired) electrons. The van der Waals surface area contributed by atoms with E-state index in [1.807, 2.05) is 43.3 Å². The summed E-state index contributed by atoms with van der Waals surface area (Å²) in [7, 11) is 0. The van der Waals surface area contributed by atoms with Gasteiger partial charge in [-0.3, -0.25) is 9.78 Å². The second kappa shape index (κ2) is 8.75. The Labute approximate surface area is 151 Å². The third-order valence-corrected chi connectivity index (χ3v) is 3.63. The molecule has 1 N–H and O–H groups in total. The molecular formula is C19H20N4O3. The van der Waals surface area contributed by atoms with E-state index in [2.05, 4.69) is 20.4 Å². The molecule has 7 nitrogen and oxygen atoms in total. The Morgan fingerprint density at radius 2 is 2.08 bits per heavy atom. The van der Waals surface area contributed by atoms with Crippen LogP contribution in [-0.2, 0) is 11.2 Å². The van der Waals surface area contributed by atoms with E-state index >= 15 is 0 Å². The summed E-state index contributed by atoms with van der Waals surface area (Å²) >= 11 is 0. The molecule has 0 aliphatic carbocycles. The van der Waals surface area contributed by atoms with E-state index in [0.717, 1.165) is 17.0 Å². The molecule has 0 atom stereocenters. The molecule has 0 saturated heterocycles. The molecule has 3 aromatic rings. The highest BCUT2D eigenvalue weighted by atomic mass is 16.5. The molecule has 0 unspecified atom stereocenters. The highest BCUT2D eigenvalue weighted by Gasteiger charge is 2.10. The van der Waals surface area contributed by atoms with Gasteiger partial charge in [-0.05, 0) is 49.7 Å². The number of amides is 1. The lowest BCUT2D eigenvalue weighted by molar-refractivity contribution is -0.116. The molecule has 0 aliphatic rings. The summed E-state index contributed by atoms with van der Waals surface area (Å²) in [6.07, 6.45) is 4.91. The normalized spacial score (nSPS) is 10.5. The highest BCUT2D eigenvalue weighted by Crippen LogP contribution is 2.17. The summed E-state index contributed by atoms with van der Waals surface area (Å²) in [5, 5.41) is 6.80. The smallest absolute Gasteiger partial charge is 0.226 e. The minimum absolute atomic E-state index is 0.0545. The summed E-state index contributed by atoms with van der Waals surface area (Å²) in [6, 6.07) is 11.0. The lowest BCUT2D eigenvalue weighted by Crippen LogP contribution is -2.11. The van der Waals surface area contributed by atoms with Crippen molar-refractivity contribution in [2.24, 2.45) is 0 Å². The van der Waals surface area contributed by atoms with Gasteiger partial charge in [-0.25, -0.2) is 0 Å². The standard InChI is InChI=1S/C19H20N4O3/c1-2-25-16-10-8-15(9-11-16)21-17(24)6-3-7-18-22-19(23-26-18)14-5-4-12-20-13-14/h4-5,8-13H,2-3,6-7H2,1H3,(H,21,24). The molecule has 2 aromatic heterocycles. The van der Waals surface area contributed by atoms with Crippen molar-refractivity contribution in [2.75, 3.05) is 11.9 Å². The fraction of sp³-hybridized carbons (Fsp3) is 0.263. The highest BCUT2D eigenvalue weighted by molar-refractivity contribution is 5.90. The van der Waals surface area contributed by atoms with Gasteiger partial charge in [0.1, 0.15) is 5.75 Å². The summed E-state index contributed by atoms with van der Waals surface area (Å²) in [5.74, 6) is 1.75. The van der Waals surface area contributed by atoms with Crippen LogP contribution in [0.1, 0.15) is 25.7 Å². The average Bonchev–Trinajstić information content (AvgIpc) is 3.13. The van der Waals surface area contributed by atoms with Crippen LogP contribution in [-0.4, -0.2) is 27.6 Å². The van der Waals surface area contributed by atoms with Crippen LogP contribution < -0.4 is 10.1 Å². The lowest BCUT2D eigenvalue weighted by atomic mass is 10.2. The van der Waals surface area contributed by atoms with E-state index in [9.17, 15) is 4.79 Å². The molecule has 0 bridgehead atoms. The first-order chi connectivity index (χ1) is 12.7. The van der Waals surface area contributed by atoms with Crippen molar-refractivity contribution >= 4 is 11.6 Å². The first-order valence-corrected chi connectivity index (χ1v) is 8.50. The molecule has 0 aliphatic heterocycles. The second-order valence-corrected chi connectivity index (χ2v) is 5.61. The Morgan fingerprint density at radius 3 is 2.81 bits per heavy atom. The fourth-order valence-corrected chi connectivity index (χ4v) is 2.39. The van der Waals surface area contributed by atoms with Gasteiger partial charge in [-0.15, -0.1) is 0 Å². The topological polar surface area (TPSA) is 90.1 Å². The Bertz CT molecular complexity index is 832. The van der Waals surface area contributed by atoms with Crippen LogP contribution in [0.4, 0.5) is 5.69 Å². The minimum Gasteiger partial charge on any atom is -0.494 e. The van der Waals surface area contributed by atoms with Crippen LogP contribution in [0.2, 0.25) is 0 Å². The maximum absolute atomic E-state index is 12.0. The van der Waals surface area contributed by atoms with Gasteiger partial charge in [0.25, 0.3) is 0 Å². The average molecular weight is 352 g/mol. The molecule has 2 heterocycles. The maximum Gasteiger partial charge on any atom is 0.226 e. The minimum atomic E-state index is -0.0545. The van der Waals surface area contributed by atoms with Gasteiger partial charge in [0.05, 0.1) is 6.61 Å². The van der Waals surface area contributed by atoms with Crippen molar-refractivity contribution in [3.05, 3.63) is 54.7 Å². The van der Waals surface area contributed by atoms with E-state index in [1.54, 1.807) is 12.4 Å². The van der Waals surface area contributed by atoms with Crippen molar-refractivity contribution in [3.63, 3.8) is 0 Å². The zero-order chi connectivity index (χ0) is 18.2. The van der Waals surface area contributed by atoms with Crippen LogP contribution in [0.5, 0.6) is 5.75 Å². The molecule has 0 saturated carbocycles. The number of carbonyl (C=O) groups excluding carboxylic acids is 1. The Balaban J connectivity index is 1.44. The van der Waals surface area contributed by atoms with E-state index < -0.39 is 0 Å². The molecular weight excluding hydrogens is 332 g/mol. The number of ether oxygens (including phenoxy) is 1. The number of nitrogens with one attached hydrogen (secondary N) is 1. The zero-order valence-electron chi connectivity index (χ0n) is 14.5. The van der Waals surface area contributed by atoms with Crippen LogP contribution in [0, 0.1) is 0 Å². The van der Waals surface area contributed by atoms with E-state index in [1.165, 1.54) is 0 Å². The Morgan fingerprint density at radius 1 is 1.23 bits per heavy atom. The van der Waals surface area contributed by atoms with Gasteiger partial charge in [-0.2, -0.15) is 4.98 Å². The number of rotatable bonds is 8. The largest absolute Gasteiger partial charge is 0.494 e. The van der Waals surface area contributed by atoms with Crippen LogP contribution in [0.15, 0.2) is 53.3 Å². The van der Waals surface area contributed by atoms with E-state index in [4.69, 9.17) is 9.26 Å². The van der Waals surface area contributed by atoms with Gasteiger partial charge >= 0.3 is 0 Å². The van der Waals surface area contributed by atoms with Crippen LogP contribution in [0.3, 0.4) is 0 Å². The molecule has 7 heteroatoms. The van der Waals surface area contributed by atoms with Crippen molar-refractivity contribution in [1.82, 2.24) is 15.1 Å². The first-order valence-electron chi connectivity index (χ1n) is 8.50. The fourth-order valence-electron chi connectivity index (χ4n) is 2.39. The van der Waals surface area contributed by atoms with Gasteiger partial charge in [0.2, 0.25) is 17.6 Å². The Kier molecular flexibility index (Phi) is 5.92. The van der Waals surface area contributed by atoms with E-state index in [0.29, 0.717) is 37.6 Å². The summed E-state index contributed by atoms with van der Waals surface area (Å²) < 4.78 is 10.6. The molecule has 0 fully saturated rings. The van der Waals surface area contributed by atoms with Gasteiger partial charge in [0.15, 0.2) is 0 Å². The maximum atomic E-state index is 12.0. The SMILES string of the molecule is CCOc1ccc(NC(=O)CCCc2nc(-c3cccnc3)no2)cc1. The van der Waals surface area contributed by atoms with Crippen molar-refractivity contribution in [1.29, 1.82) is 0 Å². The number of hydrogen-bond donors (Lipinski definition) is 1. The predicted octanol–water partition coefficient (Wildman–Crippen LogP) is 3.49. The van der Waals surface area contributed by atoms with Crippen LogP contribution >= 0.6 is 0 Å². The molecule has 26 heavy (non-hydrogen) atoms. The summed E-state index contributed by atoms with van der Waals surface area (Å²) in [4.78, 5) is 20.4. The van der Waals surface area contributed by atoms with Gasteiger partial charge in [-0.1, -0.05) is 5.16 Å². The zero-order valence-corrected chi connectivity index (χ0v) is 14.5. The molecule has 134 valence electrons. The van der Waals surface area contributed by atoms with Gasteiger partial charge in [0, 0.05) is 36.5 Å². The predicted molar refractivity (Wildman–Crippen MR) is 96.7 cm³/mol. The third kappa shape index (κ3) is 4.89. The number of hydrogen-bond acceptors (Lipinski definition) is 6. The van der Waals surface area contributed by atoms with Gasteiger partial charge < -0.3 is 14.6 Å². The number of carbonyl (C=O) groups is 1. The monoisotopic (exact) mass is 352 g/mol. The molecule has 1 aromatic carbocycles. The number of pyridine rings is 1. The Hall–Kier alpha value is -3.22. The third-order valence-electron chi connectivity index (χ3n) is 3.63. The quantitative estimate of drug-likeness (QED) is 0.667. The number of anilines is 1. The number of aryl methyl sites for hydroxylation is 1. The van der Waals surface area contributed by atoms with E-state index in [-0.39, 0.29) is 5.91 Å². The van der Waals surface area contributed by atoms with Crippen molar-refractivity contribution < 1.29 is 14.1 Å². The number of benzene rings is 1. The second-order valence-electron chi connectivity index (χ2n) is 5.61. The lowest BCUT2D eigenvalue weighted by Gasteiger charge is -2.06. The summed E-state index contributed by atoms with van der Waals surface area (Å²) in [6.45, 7) is 2.54. The number of nitrogens with zero attached hydrogens (tertiary/aromatic N) is 3. The molecule has 1 amide bonds. The van der Waals surface area contributed by atoms with Crippen molar-refractivity contribution in [2.45, 2.75) is 26.2 Å². The number of aromatic nitrogens is 3. The summed E-state index contributed by atoms with van der Waals surface area (Å²) in [5.41, 5.74) is 1.55. The molecule has 3 rings (SSSR count). The first kappa shape index (κ1) is 17.6. The van der Waals surface area contributed by atoms with Crippen molar-refractivity contribution in [3.8, 4) is 17.1 Å².